The molecule has 0 atom stereocenters. The van der Waals surface area contributed by atoms with Gasteiger partial charge in [-0.25, -0.2) is 8.42 Å². The van der Waals surface area contributed by atoms with Crippen molar-refractivity contribution in [2.24, 2.45) is 0 Å². The summed E-state index contributed by atoms with van der Waals surface area (Å²) in [5, 5.41) is 0. The van der Waals surface area contributed by atoms with Gasteiger partial charge in [0.2, 0.25) is 10.0 Å². The van der Waals surface area contributed by atoms with Gasteiger partial charge in [-0.3, -0.25) is 4.79 Å². The fraction of sp³-hybridized carbons (Fsp3) is 0.381. The van der Waals surface area contributed by atoms with E-state index >= 15 is 0 Å². The minimum Gasteiger partial charge on any atom is -0.337 e. The van der Waals surface area contributed by atoms with Crippen LogP contribution in [0.15, 0.2) is 47.4 Å². The van der Waals surface area contributed by atoms with Gasteiger partial charge in [-0.2, -0.15) is 4.31 Å². The molecule has 0 bridgehead atoms. The zero-order chi connectivity index (χ0) is 19.6. The number of rotatable bonds is 3. The number of aryl methyl sites for hydroxylation is 2. The third-order valence-electron chi connectivity index (χ3n) is 5.24. The van der Waals surface area contributed by atoms with E-state index in [1.54, 1.807) is 29.2 Å². The van der Waals surface area contributed by atoms with Crippen LogP contribution in [0.5, 0.6) is 0 Å². The lowest BCUT2D eigenvalue weighted by Crippen LogP contribution is -2.37. The maximum Gasteiger partial charge on any atom is 0.254 e. The van der Waals surface area contributed by atoms with Crippen LogP contribution >= 0.6 is 0 Å². The molecule has 2 aromatic carbocycles. The molecule has 0 saturated carbocycles. The Morgan fingerprint density at radius 3 is 2.30 bits per heavy atom. The van der Waals surface area contributed by atoms with Gasteiger partial charge in [-0.15, -0.1) is 0 Å². The molecule has 1 fully saturated rings. The first kappa shape index (κ1) is 19.6. The van der Waals surface area contributed by atoms with E-state index in [9.17, 15) is 13.2 Å². The molecular formula is C21H26N2O3S. The lowest BCUT2D eigenvalue weighted by Gasteiger charge is -2.23. The highest BCUT2D eigenvalue weighted by Crippen LogP contribution is 2.20. The van der Waals surface area contributed by atoms with E-state index in [1.807, 2.05) is 39.0 Å². The van der Waals surface area contributed by atoms with Gasteiger partial charge >= 0.3 is 0 Å². The quantitative estimate of drug-likeness (QED) is 0.814. The number of hydrogen-bond donors (Lipinski definition) is 0. The fourth-order valence-electron chi connectivity index (χ4n) is 3.35. The van der Waals surface area contributed by atoms with E-state index in [2.05, 4.69) is 0 Å². The van der Waals surface area contributed by atoms with Crippen molar-refractivity contribution in [1.82, 2.24) is 9.21 Å². The third kappa shape index (κ3) is 4.06. The Balaban J connectivity index is 1.76. The molecule has 27 heavy (non-hydrogen) atoms. The Labute approximate surface area is 161 Å². The fourth-order valence-corrected chi connectivity index (χ4v) is 4.82. The van der Waals surface area contributed by atoms with Crippen molar-refractivity contribution in [2.45, 2.75) is 32.1 Å². The van der Waals surface area contributed by atoms with Gasteiger partial charge in [0.15, 0.2) is 0 Å². The molecule has 0 spiro atoms. The van der Waals surface area contributed by atoms with Crippen LogP contribution in [0.25, 0.3) is 0 Å². The van der Waals surface area contributed by atoms with E-state index in [0.29, 0.717) is 43.1 Å². The van der Waals surface area contributed by atoms with Gasteiger partial charge in [-0.1, -0.05) is 29.8 Å². The van der Waals surface area contributed by atoms with Crippen molar-refractivity contribution in [3.8, 4) is 0 Å². The first-order valence-corrected chi connectivity index (χ1v) is 10.7. The summed E-state index contributed by atoms with van der Waals surface area (Å²) >= 11 is 0. The Morgan fingerprint density at radius 2 is 1.59 bits per heavy atom. The van der Waals surface area contributed by atoms with Crippen molar-refractivity contribution < 1.29 is 13.2 Å². The van der Waals surface area contributed by atoms with Gasteiger partial charge in [0.25, 0.3) is 5.91 Å². The van der Waals surface area contributed by atoms with Crippen molar-refractivity contribution in [3.05, 3.63) is 64.7 Å². The van der Waals surface area contributed by atoms with Crippen LogP contribution in [-0.2, 0) is 10.0 Å². The molecule has 1 aliphatic rings. The molecular weight excluding hydrogens is 360 g/mol. The van der Waals surface area contributed by atoms with E-state index in [1.165, 1.54) is 4.31 Å². The number of carbonyl (C=O) groups is 1. The third-order valence-corrected chi connectivity index (χ3v) is 7.15. The monoisotopic (exact) mass is 386 g/mol. The second-order valence-corrected chi connectivity index (χ2v) is 9.05. The lowest BCUT2D eigenvalue weighted by atomic mass is 10.0. The minimum atomic E-state index is -3.54. The van der Waals surface area contributed by atoms with Crippen LogP contribution in [0, 0.1) is 20.8 Å². The number of amides is 1. The molecule has 2 aromatic rings. The lowest BCUT2D eigenvalue weighted by molar-refractivity contribution is 0.0763. The number of carbonyl (C=O) groups excluding carboxylic acids is 1. The van der Waals surface area contributed by atoms with Gasteiger partial charge in [-0.05, 0) is 56.5 Å². The molecule has 1 amide bonds. The zero-order valence-corrected chi connectivity index (χ0v) is 16.9. The van der Waals surface area contributed by atoms with Crippen LogP contribution in [0.4, 0.5) is 0 Å². The Bertz CT molecular complexity index is 936. The molecule has 3 rings (SSSR count). The minimum absolute atomic E-state index is 0.0224. The number of sulfonamides is 1. The number of nitrogens with zero attached hydrogens (tertiary/aromatic N) is 2. The van der Waals surface area contributed by atoms with E-state index < -0.39 is 10.0 Å². The molecule has 0 radical (unpaired) electrons. The van der Waals surface area contributed by atoms with E-state index in [-0.39, 0.29) is 5.91 Å². The van der Waals surface area contributed by atoms with Crippen LogP contribution in [-0.4, -0.2) is 49.7 Å². The number of benzene rings is 2. The summed E-state index contributed by atoms with van der Waals surface area (Å²) in [5.41, 5.74) is 3.79. The molecule has 0 aliphatic carbocycles. The molecule has 1 aliphatic heterocycles. The summed E-state index contributed by atoms with van der Waals surface area (Å²) in [6.07, 6.45) is 0.627. The first-order valence-electron chi connectivity index (χ1n) is 9.23. The Hall–Kier alpha value is -2.18. The average molecular weight is 387 g/mol. The van der Waals surface area contributed by atoms with Crippen molar-refractivity contribution in [1.29, 1.82) is 0 Å². The highest BCUT2D eigenvalue weighted by atomic mass is 32.2. The predicted octanol–water partition coefficient (Wildman–Crippen LogP) is 3.15. The van der Waals surface area contributed by atoms with Crippen LogP contribution < -0.4 is 0 Å². The summed E-state index contributed by atoms with van der Waals surface area (Å²) in [7, 11) is -3.54. The van der Waals surface area contributed by atoms with Gasteiger partial charge in [0.05, 0.1) is 4.90 Å². The van der Waals surface area contributed by atoms with Gasteiger partial charge < -0.3 is 4.90 Å². The topological polar surface area (TPSA) is 57.7 Å². The summed E-state index contributed by atoms with van der Waals surface area (Å²) in [6, 6.07) is 12.6. The van der Waals surface area contributed by atoms with E-state index in [0.717, 1.165) is 16.7 Å². The van der Waals surface area contributed by atoms with Crippen molar-refractivity contribution >= 4 is 15.9 Å². The molecule has 6 heteroatoms. The van der Waals surface area contributed by atoms with E-state index in [4.69, 9.17) is 0 Å². The molecule has 0 N–H and O–H groups in total. The summed E-state index contributed by atoms with van der Waals surface area (Å²) < 4.78 is 27.3. The standard InChI is InChI=1S/C21H26N2O3S/c1-16-8-10-19(11-9-16)27(25,26)23-13-5-12-22(14-15-23)21(24)20-7-4-6-17(2)18(20)3/h4,6-11H,5,12-15H2,1-3H3. The van der Waals surface area contributed by atoms with Crippen LogP contribution in [0.1, 0.15) is 33.5 Å². The summed E-state index contributed by atoms with van der Waals surface area (Å²) in [4.78, 5) is 15.0. The Kier molecular flexibility index (Phi) is 5.67. The van der Waals surface area contributed by atoms with Gasteiger partial charge in [0, 0.05) is 31.7 Å². The zero-order valence-electron chi connectivity index (χ0n) is 16.1. The van der Waals surface area contributed by atoms with Crippen LogP contribution in [0.3, 0.4) is 0 Å². The maximum atomic E-state index is 12.9. The second kappa shape index (κ2) is 7.82. The number of hydrogen-bond acceptors (Lipinski definition) is 3. The highest BCUT2D eigenvalue weighted by molar-refractivity contribution is 7.89. The largest absolute Gasteiger partial charge is 0.337 e. The first-order chi connectivity index (χ1) is 12.8. The highest BCUT2D eigenvalue weighted by Gasteiger charge is 2.28. The van der Waals surface area contributed by atoms with Gasteiger partial charge in [0.1, 0.15) is 0 Å². The van der Waals surface area contributed by atoms with Crippen LogP contribution in [0.2, 0.25) is 0 Å². The average Bonchev–Trinajstić information content (AvgIpc) is 2.90. The molecule has 144 valence electrons. The van der Waals surface area contributed by atoms with Crippen molar-refractivity contribution in [3.63, 3.8) is 0 Å². The summed E-state index contributed by atoms with van der Waals surface area (Å²) in [5.74, 6) is -0.0224. The smallest absolute Gasteiger partial charge is 0.254 e. The SMILES string of the molecule is Cc1ccc(S(=O)(=O)N2CCCN(C(=O)c3cccc(C)c3C)CC2)cc1. The molecule has 1 saturated heterocycles. The van der Waals surface area contributed by atoms with Crippen molar-refractivity contribution in [2.75, 3.05) is 26.2 Å². The second-order valence-electron chi connectivity index (χ2n) is 7.11. The maximum absolute atomic E-state index is 12.9. The summed E-state index contributed by atoms with van der Waals surface area (Å²) in [6.45, 7) is 7.57. The molecule has 0 aromatic heterocycles. The predicted molar refractivity (Wildman–Crippen MR) is 106 cm³/mol. The molecule has 1 heterocycles. The molecule has 0 unspecified atom stereocenters. The molecule has 5 nitrogen and oxygen atoms in total. The Morgan fingerprint density at radius 1 is 0.889 bits per heavy atom. The normalized spacial score (nSPS) is 16.2.